The van der Waals surface area contributed by atoms with Gasteiger partial charge in [-0.15, -0.1) is 10.2 Å². The lowest BCUT2D eigenvalue weighted by Crippen LogP contribution is -2.09. The van der Waals surface area contributed by atoms with E-state index in [0.717, 1.165) is 5.69 Å². The lowest BCUT2D eigenvalue weighted by molar-refractivity contribution is -0.384. The van der Waals surface area contributed by atoms with Crippen molar-refractivity contribution >= 4 is 11.7 Å². The molecule has 150 valence electrons. The summed E-state index contributed by atoms with van der Waals surface area (Å²) in [7, 11) is 0. The van der Waals surface area contributed by atoms with E-state index in [-0.39, 0.29) is 17.5 Å². The number of esters is 1. The maximum absolute atomic E-state index is 12.4. The Labute approximate surface area is 169 Å². The second-order valence-electron chi connectivity index (χ2n) is 6.29. The summed E-state index contributed by atoms with van der Waals surface area (Å²) in [5.74, 6) is -0.249. The van der Waals surface area contributed by atoms with Crippen molar-refractivity contribution in [2.24, 2.45) is 0 Å². The zero-order valence-electron chi connectivity index (χ0n) is 15.7. The number of carbonyl (C=O) groups excluding carboxylic acids is 1. The largest absolute Gasteiger partial charge is 0.449 e. The molecule has 0 aliphatic rings. The van der Waals surface area contributed by atoms with Crippen LogP contribution in [0.1, 0.15) is 29.3 Å². The first-order chi connectivity index (χ1) is 14.5. The zero-order chi connectivity index (χ0) is 21.1. The highest BCUT2D eigenvalue weighted by molar-refractivity contribution is 5.89. The van der Waals surface area contributed by atoms with Crippen molar-refractivity contribution in [3.8, 4) is 17.1 Å². The fourth-order valence-corrected chi connectivity index (χ4v) is 2.69. The van der Waals surface area contributed by atoms with Gasteiger partial charge in [-0.3, -0.25) is 10.1 Å². The molecule has 0 unspecified atom stereocenters. The highest BCUT2D eigenvalue weighted by atomic mass is 16.6. The number of nitro groups is 1. The van der Waals surface area contributed by atoms with Crippen molar-refractivity contribution in [3.63, 3.8) is 0 Å². The number of nitrogens with zero attached hydrogens (tertiary/aromatic N) is 5. The van der Waals surface area contributed by atoms with Crippen LogP contribution in [0.3, 0.4) is 0 Å². The molecule has 0 aliphatic heterocycles. The number of aromatic nitrogens is 4. The van der Waals surface area contributed by atoms with E-state index in [1.54, 1.807) is 54.3 Å². The van der Waals surface area contributed by atoms with Crippen molar-refractivity contribution in [3.05, 3.63) is 88.6 Å². The van der Waals surface area contributed by atoms with Gasteiger partial charge in [-0.25, -0.2) is 9.48 Å². The van der Waals surface area contributed by atoms with E-state index in [4.69, 9.17) is 9.15 Å². The van der Waals surface area contributed by atoms with Crippen LogP contribution in [0.4, 0.5) is 5.69 Å². The molecule has 2 aromatic heterocycles. The third-order valence-corrected chi connectivity index (χ3v) is 4.27. The van der Waals surface area contributed by atoms with Gasteiger partial charge in [0.25, 0.3) is 11.6 Å². The molecular formula is C20H15N5O5. The Morgan fingerprint density at radius 2 is 1.87 bits per heavy atom. The van der Waals surface area contributed by atoms with Crippen molar-refractivity contribution in [1.29, 1.82) is 0 Å². The normalized spacial score (nSPS) is 11.8. The Morgan fingerprint density at radius 1 is 1.13 bits per heavy atom. The van der Waals surface area contributed by atoms with Crippen molar-refractivity contribution < 1.29 is 18.9 Å². The fourth-order valence-electron chi connectivity index (χ4n) is 2.69. The van der Waals surface area contributed by atoms with E-state index in [9.17, 15) is 14.9 Å². The number of carbonyl (C=O) groups is 1. The van der Waals surface area contributed by atoms with Crippen molar-refractivity contribution in [2.45, 2.75) is 13.0 Å². The molecule has 0 saturated heterocycles. The standard InChI is InChI=1S/C20H15N5O5/c1-13(18-22-23-19(30-18)14-3-9-17(10-4-14)25(27)28)29-20(26)15-5-7-16(8-6-15)24-12-2-11-21-24/h2-13H,1H3/t13-/m1/s1. The summed E-state index contributed by atoms with van der Waals surface area (Å²) in [4.78, 5) is 22.7. The van der Waals surface area contributed by atoms with Crippen LogP contribution in [0.15, 0.2) is 71.4 Å². The lowest BCUT2D eigenvalue weighted by Gasteiger charge is -2.10. The minimum Gasteiger partial charge on any atom is -0.449 e. The Balaban J connectivity index is 1.43. The molecule has 0 fully saturated rings. The summed E-state index contributed by atoms with van der Waals surface area (Å²) in [6, 6.07) is 14.3. The van der Waals surface area contributed by atoms with Crippen LogP contribution in [0.25, 0.3) is 17.1 Å². The average Bonchev–Trinajstić information content (AvgIpc) is 3.46. The Kier molecular flexibility index (Phi) is 5.04. The maximum atomic E-state index is 12.4. The molecule has 10 heteroatoms. The second kappa shape index (κ2) is 7.95. The van der Waals surface area contributed by atoms with E-state index in [0.29, 0.717) is 11.1 Å². The van der Waals surface area contributed by atoms with Gasteiger partial charge in [0.2, 0.25) is 5.89 Å². The number of ether oxygens (including phenoxy) is 1. The Bertz CT molecular complexity index is 1170. The van der Waals surface area contributed by atoms with Crippen LogP contribution < -0.4 is 0 Å². The van der Waals surface area contributed by atoms with Crippen LogP contribution in [0, 0.1) is 10.1 Å². The molecule has 2 aromatic carbocycles. The number of nitro benzene ring substituents is 1. The summed E-state index contributed by atoms with van der Waals surface area (Å²) in [5, 5.41) is 22.7. The third-order valence-electron chi connectivity index (χ3n) is 4.27. The quantitative estimate of drug-likeness (QED) is 0.270. The molecule has 0 radical (unpaired) electrons. The lowest BCUT2D eigenvalue weighted by atomic mass is 10.2. The number of rotatable bonds is 6. The minimum absolute atomic E-state index is 0.0423. The molecule has 10 nitrogen and oxygen atoms in total. The average molecular weight is 405 g/mol. The first-order valence-electron chi connectivity index (χ1n) is 8.90. The molecular weight excluding hydrogens is 390 g/mol. The molecule has 2 heterocycles. The van der Waals surface area contributed by atoms with Gasteiger partial charge in [0.1, 0.15) is 0 Å². The van der Waals surface area contributed by atoms with Gasteiger partial charge < -0.3 is 9.15 Å². The smallest absolute Gasteiger partial charge is 0.338 e. The van der Waals surface area contributed by atoms with E-state index in [2.05, 4.69) is 15.3 Å². The van der Waals surface area contributed by atoms with Crippen LogP contribution >= 0.6 is 0 Å². The first kappa shape index (κ1) is 19.0. The third kappa shape index (κ3) is 3.92. The van der Waals surface area contributed by atoms with Gasteiger partial charge in [-0.1, -0.05) is 0 Å². The molecule has 30 heavy (non-hydrogen) atoms. The minimum atomic E-state index is -0.775. The predicted molar refractivity (Wildman–Crippen MR) is 104 cm³/mol. The molecule has 0 N–H and O–H groups in total. The molecule has 0 spiro atoms. The Morgan fingerprint density at radius 3 is 2.50 bits per heavy atom. The topological polar surface area (TPSA) is 126 Å². The zero-order valence-corrected chi connectivity index (χ0v) is 15.7. The van der Waals surface area contributed by atoms with Gasteiger partial charge >= 0.3 is 5.97 Å². The van der Waals surface area contributed by atoms with Gasteiger partial charge in [0.05, 0.1) is 16.2 Å². The van der Waals surface area contributed by atoms with Gasteiger partial charge in [-0.05, 0) is 49.4 Å². The highest BCUT2D eigenvalue weighted by Crippen LogP contribution is 2.25. The van der Waals surface area contributed by atoms with Crippen LogP contribution in [-0.4, -0.2) is 30.9 Å². The fraction of sp³-hybridized carbons (Fsp3) is 0.100. The van der Waals surface area contributed by atoms with E-state index < -0.39 is 17.0 Å². The molecule has 0 aliphatic carbocycles. The SMILES string of the molecule is C[C@@H](OC(=O)c1ccc(-n2cccn2)cc1)c1nnc(-c2ccc([N+](=O)[O-])cc2)o1. The monoisotopic (exact) mass is 405 g/mol. The summed E-state index contributed by atoms with van der Waals surface area (Å²) in [5.41, 5.74) is 1.66. The molecule has 0 saturated carbocycles. The summed E-state index contributed by atoms with van der Waals surface area (Å²) in [6.45, 7) is 1.61. The van der Waals surface area contributed by atoms with Gasteiger partial charge in [-0.2, -0.15) is 5.10 Å². The number of benzene rings is 2. The molecule has 0 amide bonds. The maximum Gasteiger partial charge on any atom is 0.338 e. The van der Waals surface area contributed by atoms with Crippen LogP contribution in [0.5, 0.6) is 0 Å². The number of hydrogen-bond donors (Lipinski definition) is 0. The first-order valence-corrected chi connectivity index (χ1v) is 8.90. The molecule has 1 atom stereocenters. The molecule has 0 bridgehead atoms. The molecule has 4 rings (SSSR count). The van der Waals surface area contributed by atoms with Crippen LogP contribution in [-0.2, 0) is 4.74 Å². The van der Waals surface area contributed by atoms with Gasteiger partial charge in [0, 0.05) is 30.1 Å². The van der Waals surface area contributed by atoms with Crippen molar-refractivity contribution in [1.82, 2.24) is 20.0 Å². The van der Waals surface area contributed by atoms with Crippen LogP contribution in [0.2, 0.25) is 0 Å². The summed E-state index contributed by atoms with van der Waals surface area (Å²) in [6.07, 6.45) is 2.69. The summed E-state index contributed by atoms with van der Waals surface area (Å²) < 4.78 is 12.6. The number of hydrogen-bond acceptors (Lipinski definition) is 8. The summed E-state index contributed by atoms with van der Waals surface area (Å²) >= 11 is 0. The highest BCUT2D eigenvalue weighted by Gasteiger charge is 2.20. The molecule has 4 aromatic rings. The van der Waals surface area contributed by atoms with E-state index in [1.807, 2.05) is 0 Å². The van der Waals surface area contributed by atoms with Gasteiger partial charge in [0.15, 0.2) is 6.10 Å². The van der Waals surface area contributed by atoms with E-state index in [1.165, 1.54) is 24.3 Å². The van der Waals surface area contributed by atoms with Crippen molar-refractivity contribution in [2.75, 3.05) is 0 Å². The predicted octanol–water partition coefficient (Wildman–Crippen LogP) is 3.75. The van der Waals surface area contributed by atoms with E-state index >= 15 is 0 Å². The Hall–Kier alpha value is -4.34. The second-order valence-corrected chi connectivity index (χ2v) is 6.29. The number of non-ortho nitro benzene ring substituents is 1.